The second kappa shape index (κ2) is 3.91. The van der Waals surface area contributed by atoms with Crippen LogP contribution in [0.15, 0.2) is 24.3 Å². The minimum absolute atomic E-state index is 0.348. The van der Waals surface area contributed by atoms with Gasteiger partial charge in [0.15, 0.2) is 0 Å². The van der Waals surface area contributed by atoms with Crippen molar-refractivity contribution in [3.05, 3.63) is 30.1 Å². The lowest BCUT2D eigenvalue weighted by Gasteiger charge is -2.10. The fourth-order valence-corrected chi connectivity index (χ4v) is 0.862. The summed E-state index contributed by atoms with van der Waals surface area (Å²) < 4.78 is 36.6. The normalized spacial score (nSPS) is 9.64. The monoisotopic (exact) mass is 203 g/mol. The van der Waals surface area contributed by atoms with Crippen LogP contribution in [0.1, 0.15) is 0 Å². The van der Waals surface area contributed by atoms with Gasteiger partial charge in [-0.2, -0.15) is 4.90 Å². The maximum absolute atomic E-state index is 12.4. The van der Waals surface area contributed by atoms with Crippen molar-refractivity contribution in [2.24, 2.45) is 0 Å². The Bertz CT molecular complexity index is 349. The molecule has 14 heavy (non-hydrogen) atoms. The van der Waals surface area contributed by atoms with Gasteiger partial charge in [0.05, 0.1) is 5.69 Å². The highest BCUT2D eigenvalue weighted by Crippen LogP contribution is 2.16. The number of carbonyl (C=O) groups is 2. The summed E-state index contributed by atoms with van der Waals surface area (Å²) in [5.74, 6) is -0.647. The van der Waals surface area contributed by atoms with E-state index in [4.69, 9.17) is 0 Å². The number of hydrogen-bond acceptors (Lipinski definition) is 2. The Morgan fingerprint density at radius 3 is 1.79 bits per heavy atom. The lowest BCUT2D eigenvalue weighted by atomic mass is 10.3. The first-order valence-corrected chi connectivity index (χ1v) is 3.47. The largest absolute Gasteiger partial charge is 0.413 e. The van der Waals surface area contributed by atoms with Crippen LogP contribution in [0, 0.1) is 5.82 Å². The molecule has 0 bridgehead atoms. The standard InChI is InChI=1S/C8H4F3NO2/c9-5-1-3-6(4-2-5)12(7(10)13)8(11)14/h1-4H. The van der Waals surface area contributed by atoms with Crippen LogP contribution in [0.25, 0.3) is 0 Å². The lowest BCUT2D eigenvalue weighted by molar-refractivity contribution is 0.213. The number of imide groups is 1. The Morgan fingerprint density at radius 1 is 1.00 bits per heavy atom. The molecule has 0 unspecified atom stereocenters. The van der Waals surface area contributed by atoms with Crippen LogP contribution in [0.4, 0.5) is 28.4 Å². The predicted molar refractivity (Wildman–Crippen MR) is 41.9 cm³/mol. The first-order valence-electron chi connectivity index (χ1n) is 3.47. The number of anilines is 1. The van der Waals surface area contributed by atoms with E-state index in [1.807, 2.05) is 0 Å². The molecule has 0 heterocycles. The molecule has 3 nitrogen and oxygen atoms in total. The summed E-state index contributed by atoms with van der Waals surface area (Å²) in [6.07, 6.45) is -4.52. The van der Waals surface area contributed by atoms with E-state index in [0.717, 1.165) is 24.3 Å². The summed E-state index contributed by atoms with van der Waals surface area (Å²) >= 11 is 0. The molecule has 0 radical (unpaired) electrons. The van der Waals surface area contributed by atoms with E-state index in [2.05, 4.69) is 0 Å². The van der Waals surface area contributed by atoms with Gasteiger partial charge < -0.3 is 0 Å². The molecule has 0 N–H and O–H groups in total. The Balaban J connectivity index is 3.06. The van der Waals surface area contributed by atoms with E-state index in [0.29, 0.717) is 0 Å². The molecular weight excluding hydrogens is 199 g/mol. The summed E-state index contributed by atoms with van der Waals surface area (Å²) in [7, 11) is 0. The predicted octanol–water partition coefficient (Wildman–Crippen LogP) is 2.81. The minimum atomic E-state index is -2.26. The van der Waals surface area contributed by atoms with E-state index in [1.54, 1.807) is 0 Å². The van der Waals surface area contributed by atoms with Gasteiger partial charge in [-0.05, 0) is 24.3 Å². The smallest absolute Gasteiger partial charge is 0.233 e. The second-order valence-electron chi connectivity index (χ2n) is 2.32. The van der Waals surface area contributed by atoms with Crippen molar-refractivity contribution in [3.8, 4) is 0 Å². The summed E-state index contributed by atoms with van der Waals surface area (Å²) in [6.45, 7) is 0. The number of carbonyl (C=O) groups excluding carboxylic acids is 2. The van der Waals surface area contributed by atoms with Crippen LogP contribution in [0.3, 0.4) is 0 Å². The van der Waals surface area contributed by atoms with E-state index in [-0.39, 0.29) is 10.6 Å². The van der Waals surface area contributed by atoms with Gasteiger partial charge in [-0.15, -0.1) is 8.78 Å². The maximum Gasteiger partial charge on any atom is 0.413 e. The van der Waals surface area contributed by atoms with Gasteiger partial charge in [-0.1, -0.05) is 0 Å². The molecule has 0 saturated heterocycles. The number of nitrogens with zero attached hydrogens (tertiary/aromatic N) is 1. The van der Waals surface area contributed by atoms with Crippen LogP contribution in [0.2, 0.25) is 0 Å². The second-order valence-corrected chi connectivity index (χ2v) is 2.32. The molecule has 0 atom stereocenters. The maximum atomic E-state index is 12.4. The molecule has 0 aliphatic rings. The van der Waals surface area contributed by atoms with Gasteiger partial charge in [-0.25, -0.2) is 14.0 Å². The lowest BCUT2D eigenvalue weighted by Crippen LogP contribution is -2.29. The van der Waals surface area contributed by atoms with Crippen LogP contribution in [-0.4, -0.2) is 12.3 Å². The van der Waals surface area contributed by atoms with Crippen molar-refractivity contribution in [3.63, 3.8) is 0 Å². The number of benzene rings is 1. The molecule has 0 aromatic heterocycles. The topological polar surface area (TPSA) is 37.4 Å². The molecule has 6 heteroatoms. The first-order chi connectivity index (χ1) is 6.52. The van der Waals surface area contributed by atoms with Gasteiger partial charge in [0.1, 0.15) is 5.82 Å². The minimum Gasteiger partial charge on any atom is -0.233 e. The van der Waals surface area contributed by atoms with Gasteiger partial charge in [0, 0.05) is 0 Å². The number of rotatable bonds is 1. The van der Waals surface area contributed by atoms with Crippen molar-refractivity contribution in [2.75, 3.05) is 4.90 Å². The highest BCUT2D eigenvalue weighted by Gasteiger charge is 2.22. The zero-order valence-corrected chi connectivity index (χ0v) is 6.71. The van der Waals surface area contributed by atoms with Crippen LogP contribution < -0.4 is 4.90 Å². The van der Waals surface area contributed by atoms with Gasteiger partial charge >= 0.3 is 12.3 Å². The quantitative estimate of drug-likeness (QED) is 0.519. The summed E-state index contributed by atoms with van der Waals surface area (Å²) in [4.78, 5) is 20.0. The Kier molecular flexibility index (Phi) is 2.85. The molecule has 0 aliphatic carbocycles. The van der Waals surface area contributed by atoms with Crippen molar-refractivity contribution in [1.82, 2.24) is 0 Å². The third kappa shape index (κ3) is 2.09. The van der Waals surface area contributed by atoms with Crippen molar-refractivity contribution in [1.29, 1.82) is 0 Å². The van der Waals surface area contributed by atoms with Crippen molar-refractivity contribution < 1.29 is 22.8 Å². The highest BCUT2D eigenvalue weighted by molar-refractivity contribution is 6.08. The van der Waals surface area contributed by atoms with E-state index in [9.17, 15) is 22.8 Å². The molecule has 0 spiro atoms. The Hall–Kier alpha value is -1.85. The number of hydrogen-bond donors (Lipinski definition) is 0. The fourth-order valence-electron chi connectivity index (χ4n) is 0.862. The summed E-state index contributed by atoms with van der Waals surface area (Å²) in [5.41, 5.74) is -0.369. The summed E-state index contributed by atoms with van der Waals surface area (Å²) in [5, 5.41) is 0. The van der Waals surface area contributed by atoms with Gasteiger partial charge in [0.25, 0.3) is 0 Å². The zero-order chi connectivity index (χ0) is 10.7. The van der Waals surface area contributed by atoms with E-state index < -0.39 is 18.1 Å². The number of halogens is 3. The highest BCUT2D eigenvalue weighted by atomic mass is 19.2. The Labute approximate surface area is 76.7 Å². The van der Waals surface area contributed by atoms with Gasteiger partial charge in [0.2, 0.25) is 0 Å². The zero-order valence-electron chi connectivity index (χ0n) is 6.71. The van der Waals surface area contributed by atoms with Crippen LogP contribution in [0.5, 0.6) is 0 Å². The third-order valence-corrected chi connectivity index (χ3v) is 1.44. The third-order valence-electron chi connectivity index (χ3n) is 1.44. The van der Waals surface area contributed by atoms with Crippen molar-refractivity contribution in [2.45, 2.75) is 0 Å². The molecule has 0 aliphatic heterocycles. The molecule has 0 saturated carbocycles. The van der Waals surface area contributed by atoms with Gasteiger partial charge in [-0.3, -0.25) is 0 Å². The molecule has 1 aromatic rings. The molecule has 1 aromatic carbocycles. The molecule has 2 amide bonds. The molecule has 1 rings (SSSR count). The average molecular weight is 203 g/mol. The Morgan fingerprint density at radius 2 is 1.43 bits per heavy atom. The molecule has 0 fully saturated rings. The first kappa shape index (κ1) is 10.2. The van der Waals surface area contributed by atoms with E-state index in [1.165, 1.54) is 0 Å². The molecule has 74 valence electrons. The average Bonchev–Trinajstić information content (AvgIpc) is 2.07. The van der Waals surface area contributed by atoms with Crippen LogP contribution >= 0.6 is 0 Å². The SMILES string of the molecule is O=C(F)N(C(=O)F)c1ccc(F)cc1. The summed E-state index contributed by atoms with van der Waals surface area (Å²) in [6, 6.07) is 3.55. The fraction of sp³-hybridized carbons (Fsp3) is 0. The van der Waals surface area contributed by atoms with Crippen LogP contribution in [-0.2, 0) is 0 Å². The molecular formula is C8H4F3NO2. The van der Waals surface area contributed by atoms with Crippen molar-refractivity contribution >= 4 is 18.0 Å². The van der Waals surface area contributed by atoms with E-state index >= 15 is 0 Å². The number of amides is 2.